The summed E-state index contributed by atoms with van der Waals surface area (Å²) in [5, 5.41) is 0. The van der Waals surface area contributed by atoms with E-state index in [1.165, 1.54) is 0 Å². The Morgan fingerprint density at radius 2 is 2.09 bits per heavy atom. The molecular formula is C9H18NO. The lowest BCUT2D eigenvalue weighted by Gasteiger charge is -2.17. The van der Waals surface area contributed by atoms with Gasteiger partial charge in [-0.3, -0.25) is 4.79 Å². The summed E-state index contributed by atoms with van der Waals surface area (Å²) in [6, 6.07) is 0. The van der Waals surface area contributed by atoms with Crippen LogP contribution in [0.4, 0.5) is 0 Å². The molecule has 0 bridgehead atoms. The summed E-state index contributed by atoms with van der Waals surface area (Å²) in [6.07, 6.45) is 4.17. The highest BCUT2D eigenvalue weighted by Crippen LogP contribution is 1.98. The molecule has 0 atom stereocenters. The normalized spacial score (nSPS) is 10.2. The zero-order valence-corrected chi connectivity index (χ0v) is 7.76. The molecule has 0 aliphatic heterocycles. The van der Waals surface area contributed by atoms with E-state index in [2.05, 4.69) is 20.8 Å². The Morgan fingerprint density at radius 1 is 1.45 bits per heavy atom. The average Bonchev–Trinajstić information content (AvgIpc) is 1.97. The molecule has 0 saturated carbocycles. The van der Waals surface area contributed by atoms with Crippen LogP contribution in [0.5, 0.6) is 0 Å². The van der Waals surface area contributed by atoms with E-state index in [9.17, 15) is 4.79 Å². The summed E-state index contributed by atoms with van der Waals surface area (Å²) >= 11 is 0. The second-order valence-corrected chi connectivity index (χ2v) is 3.28. The summed E-state index contributed by atoms with van der Waals surface area (Å²) in [5.74, 6) is 0.549. The van der Waals surface area contributed by atoms with E-state index >= 15 is 0 Å². The minimum absolute atomic E-state index is 0.549. The molecule has 0 aromatic carbocycles. The van der Waals surface area contributed by atoms with E-state index in [4.69, 9.17) is 0 Å². The molecule has 1 amide bonds. The maximum Gasteiger partial charge on any atom is 0.312 e. The predicted molar refractivity (Wildman–Crippen MR) is 47.0 cm³/mol. The van der Waals surface area contributed by atoms with E-state index < -0.39 is 0 Å². The van der Waals surface area contributed by atoms with E-state index in [1.54, 1.807) is 4.90 Å². The van der Waals surface area contributed by atoms with Gasteiger partial charge in [0.1, 0.15) is 0 Å². The van der Waals surface area contributed by atoms with Gasteiger partial charge in [0.05, 0.1) is 0 Å². The minimum atomic E-state index is 0.549. The molecule has 0 rings (SSSR count). The number of amides is 1. The zero-order chi connectivity index (χ0) is 8.69. The second kappa shape index (κ2) is 6.20. The van der Waals surface area contributed by atoms with Crippen molar-refractivity contribution < 1.29 is 4.79 Å². The Hall–Kier alpha value is -0.530. The van der Waals surface area contributed by atoms with Gasteiger partial charge in [-0.25, -0.2) is 0 Å². The smallest absolute Gasteiger partial charge is 0.312 e. The Bertz CT molecular complexity index is 102. The fourth-order valence-electron chi connectivity index (χ4n) is 0.964. The van der Waals surface area contributed by atoms with Crippen molar-refractivity contribution in [1.29, 1.82) is 0 Å². The van der Waals surface area contributed by atoms with Gasteiger partial charge in [-0.2, -0.15) is 0 Å². The molecule has 2 heteroatoms. The van der Waals surface area contributed by atoms with Gasteiger partial charge in [0, 0.05) is 13.1 Å². The standard InChI is InChI=1S/C9H18NO/c1-4-5-6-10(8-11)7-9(2)3/h9H,4-7H2,1-3H3. The average molecular weight is 156 g/mol. The second-order valence-electron chi connectivity index (χ2n) is 3.28. The van der Waals surface area contributed by atoms with Crippen LogP contribution in [0.2, 0.25) is 0 Å². The molecule has 0 heterocycles. The lowest BCUT2D eigenvalue weighted by Crippen LogP contribution is -2.27. The first kappa shape index (κ1) is 10.5. The molecule has 0 N–H and O–H groups in total. The SMILES string of the molecule is CCCCN([C]=O)CC(C)C. The molecule has 0 unspecified atom stereocenters. The molecule has 0 aromatic rings. The van der Waals surface area contributed by atoms with Gasteiger partial charge < -0.3 is 4.90 Å². The van der Waals surface area contributed by atoms with Crippen molar-refractivity contribution >= 4 is 6.41 Å². The first-order valence-electron chi connectivity index (χ1n) is 4.33. The molecule has 0 aliphatic rings. The molecular weight excluding hydrogens is 138 g/mol. The highest BCUT2D eigenvalue weighted by molar-refractivity contribution is 5.47. The van der Waals surface area contributed by atoms with Gasteiger partial charge >= 0.3 is 6.41 Å². The minimum Gasteiger partial charge on any atom is -0.334 e. The first-order valence-corrected chi connectivity index (χ1v) is 4.33. The number of rotatable bonds is 6. The fourth-order valence-corrected chi connectivity index (χ4v) is 0.964. The molecule has 0 fully saturated rings. The van der Waals surface area contributed by atoms with E-state index in [0.717, 1.165) is 25.9 Å². The molecule has 11 heavy (non-hydrogen) atoms. The van der Waals surface area contributed by atoms with E-state index in [1.807, 2.05) is 6.41 Å². The molecule has 65 valence electrons. The van der Waals surface area contributed by atoms with Crippen LogP contribution < -0.4 is 0 Å². The van der Waals surface area contributed by atoms with Gasteiger partial charge in [0.15, 0.2) is 0 Å². The number of hydrogen-bond acceptors (Lipinski definition) is 1. The monoisotopic (exact) mass is 156 g/mol. The predicted octanol–water partition coefficient (Wildman–Crippen LogP) is 1.81. The van der Waals surface area contributed by atoms with Crippen LogP contribution in [-0.4, -0.2) is 24.4 Å². The topological polar surface area (TPSA) is 20.3 Å². The van der Waals surface area contributed by atoms with Gasteiger partial charge in [-0.1, -0.05) is 27.2 Å². The van der Waals surface area contributed by atoms with Crippen molar-refractivity contribution in [3.8, 4) is 0 Å². The van der Waals surface area contributed by atoms with Gasteiger partial charge in [0.25, 0.3) is 0 Å². The molecule has 0 saturated heterocycles. The third-order valence-corrected chi connectivity index (χ3v) is 1.50. The molecule has 0 spiro atoms. The third kappa shape index (κ3) is 5.89. The largest absolute Gasteiger partial charge is 0.334 e. The zero-order valence-electron chi connectivity index (χ0n) is 7.76. The van der Waals surface area contributed by atoms with Gasteiger partial charge in [-0.05, 0) is 12.3 Å². The molecule has 1 radical (unpaired) electrons. The maximum absolute atomic E-state index is 10.3. The van der Waals surface area contributed by atoms with E-state index in [0.29, 0.717) is 5.92 Å². The number of nitrogens with zero attached hydrogens (tertiary/aromatic N) is 1. The van der Waals surface area contributed by atoms with Crippen LogP contribution in [0.25, 0.3) is 0 Å². The summed E-state index contributed by atoms with van der Waals surface area (Å²) in [6.45, 7) is 8.03. The lowest BCUT2D eigenvalue weighted by molar-refractivity contribution is 0.335. The Kier molecular flexibility index (Phi) is 5.90. The Balaban J connectivity index is 3.49. The van der Waals surface area contributed by atoms with Crippen LogP contribution >= 0.6 is 0 Å². The van der Waals surface area contributed by atoms with Crippen LogP contribution in [0, 0.1) is 5.92 Å². The summed E-state index contributed by atoms with van der Waals surface area (Å²) < 4.78 is 0. The Morgan fingerprint density at radius 3 is 2.45 bits per heavy atom. The summed E-state index contributed by atoms with van der Waals surface area (Å²) in [7, 11) is 0. The van der Waals surface area contributed by atoms with Crippen LogP contribution in [0.1, 0.15) is 33.6 Å². The van der Waals surface area contributed by atoms with Gasteiger partial charge in [0.2, 0.25) is 0 Å². The fraction of sp³-hybridized carbons (Fsp3) is 0.889. The quantitative estimate of drug-likeness (QED) is 0.537. The van der Waals surface area contributed by atoms with Crippen LogP contribution in [0.15, 0.2) is 0 Å². The van der Waals surface area contributed by atoms with Crippen molar-refractivity contribution in [3.63, 3.8) is 0 Å². The maximum atomic E-state index is 10.3. The summed E-state index contributed by atoms with van der Waals surface area (Å²) in [5.41, 5.74) is 0. The number of carbonyl (C=O) groups excluding carboxylic acids is 1. The molecule has 2 nitrogen and oxygen atoms in total. The van der Waals surface area contributed by atoms with Crippen molar-refractivity contribution in [2.24, 2.45) is 5.92 Å². The first-order chi connectivity index (χ1) is 5.20. The van der Waals surface area contributed by atoms with Gasteiger partial charge in [-0.15, -0.1) is 0 Å². The van der Waals surface area contributed by atoms with Crippen molar-refractivity contribution in [2.75, 3.05) is 13.1 Å². The third-order valence-electron chi connectivity index (χ3n) is 1.50. The van der Waals surface area contributed by atoms with Crippen LogP contribution in [0.3, 0.4) is 0 Å². The number of hydrogen-bond donors (Lipinski definition) is 0. The molecule has 0 aromatic heterocycles. The highest BCUT2D eigenvalue weighted by atomic mass is 16.1. The summed E-state index contributed by atoms with van der Waals surface area (Å²) in [4.78, 5) is 12.1. The van der Waals surface area contributed by atoms with Crippen molar-refractivity contribution in [1.82, 2.24) is 4.90 Å². The van der Waals surface area contributed by atoms with Crippen LogP contribution in [-0.2, 0) is 4.79 Å². The lowest BCUT2D eigenvalue weighted by atomic mass is 10.2. The number of unbranched alkanes of at least 4 members (excludes halogenated alkanes) is 1. The van der Waals surface area contributed by atoms with Crippen molar-refractivity contribution in [3.05, 3.63) is 0 Å². The van der Waals surface area contributed by atoms with Crippen molar-refractivity contribution in [2.45, 2.75) is 33.6 Å². The van der Waals surface area contributed by atoms with E-state index in [-0.39, 0.29) is 0 Å². The molecule has 0 aliphatic carbocycles. The highest BCUT2D eigenvalue weighted by Gasteiger charge is 2.03. The Labute approximate surface area is 69.6 Å².